The van der Waals surface area contributed by atoms with Gasteiger partial charge in [-0.2, -0.15) is 17.0 Å². The van der Waals surface area contributed by atoms with Gasteiger partial charge >= 0.3 is 6.03 Å². The molecule has 1 aromatic rings. The third kappa shape index (κ3) is 5.32. The van der Waals surface area contributed by atoms with Crippen LogP contribution in [0, 0.1) is 0 Å². The molecule has 1 aromatic carbocycles. The minimum absolute atomic E-state index is 0.0555. The normalized spacial score (nSPS) is 19.8. The van der Waals surface area contributed by atoms with Crippen molar-refractivity contribution in [1.82, 2.24) is 13.5 Å². The molecule has 2 fully saturated rings. The van der Waals surface area contributed by atoms with Crippen LogP contribution in [0.3, 0.4) is 0 Å². The van der Waals surface area contributed by atoms with Crippen LogP contribution in [0.5, 0.6) is 0 Å². The van der Waals surface area contributed by atoms with E-state index in [0.29, 0.717) is 18.8 Å². The van der Waals surface area contributed by atoms with Gasteiger partial charge in [0.2, 0.25) is 0 Å². The molecule has 11 heteroatoms. The highest BCUT2D eigenvalue weighted by Gasteiger charge is 2.35. The van der Waals surface area contributed by atoms with Gasteiger partial charge in [-0.3, -0.25) is 0 Å². The number of benzene rings is 1. The SMILES string of the molecule is CN(C1CCCCC1)S(=O)(=O)N1CCN(C(=O)Nc2ccc(S(C)(=O)=O)cc2)CC1. The van der Waals surface area contributed by atoms with Gasteiger partial charge in [-0.25, -0.2) is 13.2 Å². The Bertz CT molecular complexity index is 949. The molecule has 1 aliphatic heterocycles. The lowest BCUT2D eigenvalue weighted by Gasteiger charge is -2.38. The summed E-state index contributed by atoms with van der Waals surface area (Å²) in [7, 11) is -5.17. The molecule has 1 saturated heterocycles. The van der Waals surface area contributed by atoms with Crippen molar-refractivity contribution < 1.29 is 21.6 Å². The van der Waals surface area contributed by atoms with Gasteiger partial charge in [0.05, 0.1) is 4.90 Å². The van der Waals surface area contributed by atoms with Gasteiger partial charge in [0, 0.05) is 51.2 Å². The number of amides is 2. The van der Waals surface area contributed by atoms with E-state index < -0.39 is 20.0 Å². The molecule has 0 radical (unpaired) electrons. The maximum Gasteiger partial charge on any atom is 0.321 e. The molecule has 1 heterocycles. The van der Waals surface area contributed by atoms with Crippen LogP contribution in [0.15, 0.2) is 29.2 Å². The van der Waals surface area contributed by atoms with Crippen molar-refractivity contribution in [3.8, 4) is 0 Å². The number of hydrogen-bond acceptors (Lipinski definition) is 5. The lowest BCUT2D eigenvalue weighted by atomic mass is 9.96. The largest absolute Gasteiger partial charge is 0.322 e. The van der Waals surface area contributed by atoms with E-state index in [1.165, 1.54) is 32.9 Å². The lowest BCUT2D eigenvalue weighted by Crippen LogP contribution is -2.55. The van der Waals surface area contributed by atoms with Crippen LogP contribution in [0.4, 0.5) is 10.5 Å². The van der Waals surface area contributed by atoms with Gasteiger partial charge in [-0.05, 0) is 37.1 Å². The second-order valence-electron chi connectivity index (χ2n) is 7.93. The van der Waals surface area contributed by atoms with Crippen molar-refractivity contribution in [2.24, 2.45) is 0 Å². The standard InChI is InChI=1S/C19H30N4O5S2/c1-21(17-6-4-3-5-7-17)30(27,28)23-14-12-22(13-15-23)19(24)20-16-8-10-18(11-9-16)29(2,25)26/h8-11,17H,3-7,12-15H2,1-2H3,(H,20,24). The Kier molecular flexibility index (Phi) is 7.05. The third-order valence-corrected chi connectivity index (χ3v) is 9.01. The molecule has 0 atom stereocenters. The quantitative estimate of drug-likeness (QED) is 0.723. The van der Waals surface area contributed by atoms with Gasteiger partial charge < -0.3 is 10.2 Å². The summed E-state index contributed by atoms with van der Waals surface area (Å²) in [5, 5.41) is 2.73. The first-order valence-electron chi connectivity index (χ1n) is 10.2. The molecule has 2 aliphatic rings. The van der Waals surface area contributed by atoms with Crippen LogP contribution in [0.2, 0.25) is 0 Å². The maximum atomic E-state index is 12.9. The summed E-state index contributed by atoms with van der Waals surface area (Å²) in [4.78, 5) is 14.3. The van der Waals surface area contributed by atoms with Crippen LogP contribution >= 0.6 is 0 Å². The Morgan fingerprint density at radius 2 is 1.53 bits per heavy atom. The number of carbonyl (C=O) groups is 1. The molecule has 0 aromatic heterocycles. The highest BCUT2D eigenvalue weighted by Crippen LogP contribution is 2.25. The van der Waals surface area contributed by atoms with E-state index >= 15 is 0 Å². The molecule has 30 heavy (non-hydrogen) atoms. The van der Waals surface area contributed by atoms with Crippen molar-refractivity contribution in [1.29, 1.82) is 0 Å². The minimum Gasteiger partial charge on any atom is -0.322 e. The van der Waals surface area contributed by atoms with E-state index in [4.69, 9.17) is 0 Å². The Morgan fingerprint density at radius 1 is 0.967 bits per heavy atom. The van der Waals surface area contributed by atoms with Gasteiger partial charge in [0.1, 0.15) is 0 Å². The van der Waals surface area contributed by atoms with E-state index in [-0.39, 0.29) is 30.1 Å². The molecular weight excluding hydrogens is 428 g/mol. The number of anilines is 1. The van der Waals surface area contributed by atoms with Crippen molar-refractivity contribution in [2.75, 3.05) is 44.8 Å². The van der Waals surface area contributed by atoms with Crippen LogP contribution < -0.4 is 5.32 Å². The Labute approximate surface area is 179 Å². The summed E-state index contributed by atoms with van der Waals surface area (Å²) in [5.74, 6) is 0. The van der Waals surface area contributed by atoms with E-state index in [2.05, 4.69) is 5.32 Å². The number of nitrogens with one attached hydrogen (secondary N) is 1. The van der Waals surface area contributed by atoms with Crippen molar-refractivity contribution in [2.45, 2.75) is 43.0 Å². The second kappa shape index (κ2) is 9.21. The number of nitrogens with zero attached hydrogens (tertiary/aromatic N) is 3. The maximum absolute atomic E-state index is 12.9. The first-order chi connectivity index (χ1) is 14.1. The summed E-state index contributed by atoms with van der Waals surface area (Å²) >= 11 is 0. The highest BCUT2D eigenvalue weighted by atomic mass is 32.2. The fraction of sp³-hybridized carbons (Fsp3) is 0.632. The lowest BCUT2D eigenvalue weighted by molar-refractivity contribution is 0.178. The van der Waals surface area contributed by atoms with Crippen LogP contribution in [-0.4, -0.2) is 81.9 Å². The minimum atomic E-state index is -3.54. The fourth-order valence-electron chi connectivity index (χ4n) is 3.93. The number of piperazine rings is 1. The van der Waals surface area contributed by atoms with Crippen molar-refractivity contribution >= 4 is 31.8 Å². The van der Waals surface area contributed by atoms with Crippen molar-refractivity contribution in [3.63, 3.8) is 0 Å². The Morgan fingerprint density at radius 3 is 2.07 bits per heavy atom. The van der Waals surface area contributed by atoms with Crippen LogP contribution in [-0.2, 0) is 20.0 Å². The number of carbonyl (C=O) groups excluding carboxylic acids is 1. The van der Waals surface area contributed by atoms with E-state index in [0.717, 1.165) is 38.4 Å². The molecule has 3 rings (SSSR count). The predicted molar refractivity (Wildman–Crippen MR) is 115 cm³/mol. The summed E-state index contributed by atoms with van der Waals surface area (Å²) < 4.78 is 51.9. The van der Waals surface area contributed by atoms with Gasteiger partial charge in [0.25, 0.3) is 10.2 Å². The molecule has 1 saturated carbocycles. The number of rotatable bonds is 5. The van der Waals surface area contributed by atoms with Gasteiger partial charge in [-0.15, -0.1) is 0 Å². The zero-order valence-corrected chi connectivity index (χ0v) is 19.1. The number of urea groups is 1. The van der Waals surface area contributed by atoms with E-state index in [1.54, 1.807) is 11.9 Å². The predicted octanol–water partition coefficient (Wildman–Crippen LogP) is 1.75. The summed E-state index contributed by atoms with van der Waals surface area (Å²) in [6, 6.07) is 5.68. The summed E-state index contributed by atoms with van der Waals surface area (Å²) in [6.07, 6.45) is 6.20. The zero-order valence-electron chi connectivity index (χ0n) is 17.5. The molecule has 1 N–H and O–H groups in total. The second-order valence-corrected chi connectivity index (χ2v) is 11.9. The molecule has 0 bridgehead atoms. The molecular formula is C19H30N4O5S2. The van der Waals surface area contributed by atoms with Gasteiger partial charge in [0.15, 0.2) is 9.84 Å². The fourth-order valence-corrected chi connectivity index (χ4v) is 6.13. The molecule has 0 spiro atoms. The average molecular weight is 459 g/mol. The molecule has 1 aliphatic carbocycles. The van der Waals surface area contributed by atoms with E-state index in [9.17, 15) is 21.6 Å². The smallest absolute Gasteiger partial charge is 0.321 e. The highest BCUT2D eigenvalue weighted by molar-refractivity contribution is 7.90. The molecule has 2 amide bonds. The van der Waals surface area contributed by atoms with Crippen LogP contribution in [0.1, 0.15) is 32.1 Å². The van der Waals surface area contributed by atoms with Crippen molar-refractivity contribution in [3.05, 3.63) is 24.3 Å². The third-order valence-electron chi connectivity index (χ3n) is 5.84. The first kappa shape index (κ1) is 23.0. The molecule has 0 unspecified atom stereocenters. The average Bonchev–Trinajstić information content (AvgIpc) is 2.73. The van der Waals surface area contributed by atoms with Gasteiger partial charge in [-0.1, -0.05) is 19.3 Å². The number of hydrogen-bond donors (Lipinski definition) is 1. The zero-order chi connectivity index (χ0) is 21.9. The number of sulfone groups is 1. The topological polar surface area (TPSA) is 107 Å². The van der Waals surface area contributed by atoms with Crippen LogP contribution in [0.25, 0.3) is 0 Å². The Hall–Kier alpha value is -1.69. The monoisotopic (exact) mass is 458 g/mol. The molecule has 9 nitrogen and oxygen atoms in total. The summed E-state index contributed by atoms with van der Waals surface area (Å²) in [6.45, 7) is 1.09. The Balaban J connectivity index is 1.55. The first-order valence-corrected chi connectivity index (χ1v) is 13.5. The summed E-state index contributed by atoms with van der Waals surface area (Å²) in [5.41, 5.74) is 0.486. The molecule has 168 valence electrons. The van der Waals surface area contributed by atoms with E-state index in [1.807, 2.05) is 0 Å².